The van der Waals surface area contributed by atoms with Gasteiger partial charge in [0.2, 0.25) is 5.91 Å². The van der Waals surface area contributed by atoms with Gasteiger partial charge in [-0.1, -0.05) is 56.8 Å². The van der Waals surface area contributed by atoms with E-state index in [1.807, 2.05) is 18.5 Å². The van der Waals surface area contributed by atoms with E-state index in [2.05, 4.69) is 60.6 Å². The van der Waals surface area contributed by atoms with Crippen molar-refractivity contribution in [3.8, 4) is 11.4 Å². The van der Waals surface area contributed by atoms with Crippen LogP contribution in [0.25, 0.3) is 11.4 Å². The fraction of sp³-hybridized carbons (Fsp3) is 0.526. The highest BCUT2D eigenvalue weighted by molar-refractivity contribution is 8.00. The third kappa shape index (κ3) is 4.24. The molecular weight excluding hydrogens is 332 g/mol. The Hall–Kier alpha value is -1.82. The molecule has 1 aromatic carbocycles. The Morgan fingerprint density at radius 1 is 1.24 bits per heavy atom. The van der Waals surface area contributed by atoms with Crippen LogP contribution in [0.2, 0.25) is 0 Å². The molecular formula is C19H26N4OS. The minimum atomic E-state index is -0.181. The number of benzene rings is 1. The maximum atomic E-state index is 12.1. The van der Waals surface area contributed by atoms with Gasteiger partial charge in [-0.25, -0.2) is 0 Å². The van der Waals surface area contributed by atoms with Crippen molar-refractivity contribution >= 4 is 17.7 Å². The summed E-state index contributed by atoms with van der Waals surface area (Å²) in [5.41, 5.74) is 2.45. The number of aromatic nitrogens is 3. The van der Waals surface area contributed by atoms with E-state index in [0.29, 0.717) is 6.04 Å². The molecule has 1 aliphatic carbocycles. The van der Waals surface area contributed by atoms with Crippen LogP contribution in [0.4, 0.5) is 0 Å². The van der Waals surface area contributed by atoms with Gasteiger partial charge in [0, 0.05) is 18.7 Å². The molecule has 0 radical (unpaired) electrons. The predicted molar refractivity (Wildman–Crippen MR) is 102 cm³/mol. The van der Waals surface area contributed by atoms with Crippen molar-refractivity contribution < 1.29 is 4.79 Å². The van der Waals surface area contributed by atoms with Gasteiger partial charge in [0.05, 0.1) is 5.25 Å². The van der Waals surface area contributed by atoms with Crippen molar-refractivity contribution in [3.63, 3.8) is 0 Å². The molecule has 0 saturated heterocycles. The van der Waals surface area contributed by atoms with E-state index in [9.17, 15) is 4.79 Å². The fourth-order valence-electron chi connectivity index (χ4n) is 2.55. The number of nitrogens with zero attached hydrogens (tertiary/aromatic N) is 3. The second-order valence-corrected chi connectivity index (χ2v) is 9.04. The van der Waals surface area contributed by atoms with E-state index < -0.39 is 0 Å². The second-order valence-electron chi connectivity index (χ2n) is 7.74. The fourth-order valence-corrected chi connectivity index (χ4v) is 3.37. The van der Waals surface area contributed by atoms with Crippen LogP contribution in [0.1, 0.15) is 46.1 Å². The average molecular weight is 359 g/mol. The van der Waals surface area contributed by atoms with Gasteiger partial charge in [0.1, 0.15) is 0 Å². The molecule has 1 atom stereocenters. The van der Waals surface area contributed by atoms with Gasteiger partial charge < -0.3 is 9.88 Å². The number of hydrogen-bond donors (Lipinski definition) is 1. The van der Waals surface area contributed by atoms with E-state index in [0.717, 1.165) is 29.4 Å². The van der Waals surface area contributed by atoms with E-state index in [-0.39, 0.29) is 16.6 Å². The molecule has 6 heteroatoms. The molecule has 2 aromatic rings. The van der Waals surface area contributed by atoms with Gasteiger partial charge in [-0.15, -0.1) is 10.2 Å². The topological polar surface area (TPSA) is 59.8 Å². The van der Waals surface area contributed by atoms with Crippen LogP contribution in [0.5, 0.6) is 0 Å². The zero-order chi connectivity index (χ0) is 18.2. The van der Waals surface area contributed by atoms with Gasteiger partial charge in [-0.05, 0) is 30.7 Å². The summed E-state index contributed by atoms with van der Waals surface area (Å²) in [7, 11) is 1.95. The van der Waals surface area contributed by atoms with Gasteiger partial charge in [-0.2, -0.15) is 0 Å². The average Bonchev–Trinajstić information content (AvgIpc) is 3.30. The molecule has 0 spiro atoms. The first kappa shape index (κ1) is 18.0. The van der Waals surface area contributed by atoms with Crippen LogP contribution >= 0.6 is 11.8 Å². The van der Waals surface area contributed by atoms with Crippen molar-refractivity contribution in [2.45, 2.75) is 62.4 Å². The van der Waals surface area contributed by atoms with Gasteiger partial charge in [-0.3, -0.25) is 4.79 Å². The van der Waals surface area contributed by atoms with Crippen LogP contribution in [-0.2, 0) is 17.3 Å². The molecule has 1 aromatic heterocycles. The lowest BCUT2D eigenvalue weighted by atomic mass is 9.87. The highest BCUT2D eigenvalue weighted by atomic mass is 32.2. The first-order valence-corrected chi connectivity index (χ1v) is 9.61. The Balaban J connectivity index is 1.73. The van der Waals surface area contributed by atoms with E-state index in [1.54, 1.807) is 0 Å². The number of rotatable bonds is 5. The third-order valence-electron chi connectivity index (χ3n) is 4.42. The van der Waals surface area contributed by atoms with Crippen molar-refractivity contribution in [2.75, 3.05) is 0 Å². The largest absolute Gasteiger partial charge is 0.352 e. The molecule has 0 unspecified atom stereocenters. The summed E-state index contributed by atoms with van der Waals surface area (Å²) < 4.78 is 1.96. The SMILES string of the molecule is C[C@H](Sc1nnc(-c2ccc(C(C)(C)C)cc2)n1C)C(=O)NC1CC1. The summed E-state index contributed by atoms with van der Waals surface area (Å²) in [4.78, 5) is 12.1. The third-order valence-corrected chi connectivity index (χ3v) is 5.55. The summed E-state index contributed by atoms with van der Waals surface area (Å²) in [5.74, 6) is 0.893. The van der Waals surface area contributed by atoms with E-state index in [4.69, 9.17) is 0 Å². The summed E-state index contributed by atoms with van der Waals surface area (Å²) in [6.45, 7) is 8.52. The Labute approximate surface area is 153 Å². The lowest BCUT2D eigenvalue weighted by Gasteiger charge is -2.19. The molecule has 1 amide bonds. The smallest absolute Gasteiger partial charge is 0.233 e. The maximum absolute atomic E-state index is 12.1. The molecule has 0 aliphatic heterocycles. The number of amides is 1. The standard InChI is InChI=1S/C19H26N4OS/c1-12(17(24)20-15-10-11-15)25-18-22-21-16(23(18)5)13-6-8-14(9-7-13)19(2,3)4/h6-9,12,15H,10-11H2,1-5H3,(H,20,24)/t12-/m0/s1. The van der Waals surface area contributed by atoms with Gasteiger partial charge in [0.25, 0.3) is 0 Å². The molecule has 1 saturated carbocycles. The number of nitrogens with one attached hydrogen (secondary N) is 1. The molecule has 0 bridgehead atoms. The van der Waals surface area contributed by atoms with Gasteiger partial charge in [0.15, 0.2) is 11.0 Å². The lowest BCUT2D eigenvalue weighted by Crippen LogP contribution is -2.32. The number of carbonyl (C=O) groups is 1. The first-order chi connectivity index (χ1) is 11.8. The zero-order valence-corrected chi connectivity index (χ0v) is 16.4. The number of hydrogen-bond acceptors (Lipinski definition) is 4. The maximum Gasteiger partial charge on any atom is 0.233 e. The predicted octanol–water partition coefficient (Wildman–Crippen LogP) is 3.54. The summed E-state index contributed by atoms with van der Waals surface area (Å²) in [6.07, 6.45) is 2.20. The Morgan fingerprint density at radius 3 is 2.44 bits per heavy atom. The molecule has 1 heterocycles. The monoisotopic (exact) mass is 358 g/mol. The Bertz CT molecular complexity index is 757. The van der Waals surface area contributed by atoms with Crippen molar-refractivity contribution in [1.29, 1.82) is 0 Å². The summed E-state index contributed by atoms with van der Waals surface area (Å²) in [6, 6.07) is 8.84. The summed E-state index contributed by atoms with van der Waals surface area (Å²) in [5, 5.41) is 12.2. The molecule has 1 aliphatic rings. The van der Waals surface area contributed by atoms with Crippen LogP contribution in [-0.4, -0.2) is 32.0 Å². The van der Waals surface area contributed by atoms with Crippen molar-refractivity contribution in [1.82, 2.24) is 20.1 Å². The molecule has 134 valence electrons. The van der Waals surface area contributed by atoms with Crippen LogP contribution in [0.15, 0.2) is 29.4 Å². The number of carbonyl (C=O) groups excluding carboxylic acids is 1. The minimum Gasteiger partial charge on any atom is -0.352 e. The number of thioether (sulfide) groups is 1. The van der Waals surface area contributed by atoms with E-state index >= 15 is 0 Å². The van der Waals surface area contributed by atoms with Crippen LogP contribution in [0.3, 0.4) is 0 Å². The molecule has 25 heavy (non-hydrogen) atoms. The molecule has 5 nitrogen and oxygen atoms in total. The quantitative estimate of drug-likeness (QED) is 0.831. The first-order valence-electron chi connectivity index (χ1n) is 8.73. The Morgan fingerprint density at radius 2 is 1.88 bits per heavy atom. The minimum absolute atomic E-state index is 0.0755. The highest BCUT2D eigenvalue weighted by Gasteiger charge is 2.27. The van der Waals surface area contributed by atoms with Crippen LogP contribution < -0.4 is 5.32 Å². The summed E-state index contributed by atoms with van der Waals surface area (Å²) >= 11 is 1.45. The molecule has 1 fully saturated rings. The van der Waals surface area contributed by atoms with Gasteiger partial charge >= 0.3 is 0 Å². The normalized spacial score (nSPS) is 15.9. The molecule has 3 rings (SSSR count). The van der Waals surface area contributed by atoms with Crippen molar-refractivity contribution in [3.05, 3.63) is 29.8 Å². The van der Waals surface area contributed by atoms with Crippen LogP contribution in [0, 0.1) is 0 Å². The lowest BCUT2D eigenvalue weighted by molar-refractivity contribution is -0.120. The highest BCUT2D eigenvalue weighted by Crippen LogP contribution is 2.28. The molecule has 1 N–H and O–H groups in total. The van der Waals surface area contributed by atoms with Crippen molar-refractivity contribution in [2.24, 2.45) is 7.05 Å². The van der Waals surface area contributed by atoms with E-state index in [1.165, 1.54) is 17.3 Å². The second kappa shape index (κ2) is 6.83. The Kier molecular flexibility index (Phi) is 4.91. The zero-order valence-electron chi connectivity index (χ0n) is 15.5.